The van der Waals surface area contributed by atoms with Crippen LogP contribution in [0.15, 0.2) is 22.7 Å². The largest absolute Gasteiger partial charge is 0.487 e. The van der Waals surface area contributed by atoms with Gasteiger partial charge in [0.2, 0.25) is 0 Å². The summed E-state index contributed by atoms with van der Waals surface area (Å²) in [6.07, 6.45) is 4.32. The Bertz CT molecular complexity index is 407. The van der Waals surface area contributed by atoms with Crippen molar-refractivity contribution in [3.63, 3.8) is 0 Å². The minimum Gasteiger partial charge on any atom is -0.487 e. The molecule has 0 unspecified atom stereocenters. The normalized spacial score (nSPS) is 17.3. The van der Waals surface area contributed by atoms with Gasteiger partial charge in [-0.15, -0.1) is 0 Å². The maximum absolute atomic E-state index is 13.4. The van der Waals surface area contributed by atoms with Crippen LogP contribution >= 0.6 is 15.9 Å². The van der Waals surface area contributed by atoms with E-state index in [2.05, 4.69) is 28.2 Å². The van der Waals surface area contributed by atoms with E-state index in [4.69, 9.17) is 4.74 Å². The standard InChI is InChI=1S/C14H19BrFNO/c1-2-17-9-8-14(6-3-7-14)18-11-4-5-12(15)13(16)10-11/h4-5,10,17H,2-3,6-9H2,1H3. The lowest BCUT2D eigenvalue weighted by atomic mass is 9.77. The summed E-state index contributed by atoms with van der Waals surface area (Å²) in [5.74, 6) is 0.362. The molecule has 0 aliphatic heterocycles. The second-order valence-corrected chi connectivity index (χ2v) is 5.67. The molecule has 4 heteroatoms. The summed E-state index contributed by atoms with van der Waals surface area (Å²) in [4.78, 5) is 0. The molecule has 1 fully saturated rings. The Morgan fingerprint density at radius 1 is 1.44 bits per heavy atom. The van der Waals surface area contributed by atoms with Crippen LogP contribution in [0.25, 0.3) is 0 Å². The van der Waals surface area contributed by atoms with Gasteiger partial charge in [0.05, 0.1) is 4.47 Å². The van der Waals surface area contributed by atoms with E-state index in [1.807, 2.05) is 6.07 Å². The zero-order valence-electron chi connectivity index (χ0n) is 10.6. The summed E-state index contributed by atoms with van der Waals surface area (Å²) in [7, 11) is 0. The average Bonchev–Trinajstić information content (AvgIpc) is 2.31. The highest BCUT2D eigenvalue weighted by Crippen LogP contribution is 2.39. The Morgan fingerprint density at radius 2 is 2.22 bits per heavy atom. The van der Waals surface area contributed by atoms with E-state index in [-0.39, 0.29) is 11.4 Å². The van der Waals surface area contributed by atoms with Crippen molar-refractivity contribution in [3.05, 3.63) is 28.5 Å². The third-order valence-electron chi connectivity index (χ3n) is 3.50. The SMILES string of the molecule is CCNCCC1(Oc2ccc(Br)c(F)c2)CCC1. The summed E-state index contributed by atoms with van der Waals surface area (Å²) >= 11 is 3.15. The van der Waals surface area contributed by atoms with Crippen LogP contribution in [0, 0.1) is 5.82 Å². The maximum Gasteiger partial charge on any atom is 0.141 e. The van der Waals surface area contributed by atoms with E-state index in [0.717, 1.165) is 32.4 Å². The first-order valence-corrected chi connectivity index (χ1v) is 7.29. The molecule has 1 aromatic carbocycles. The van der Waals surface area contributed by atoms with Crippen molar-refractivity contribution in [2.75, 3.05) is 13.1 Å². The lowest BCUT2D eigenvalue weighted by molar-refractivity contribution is -0.0143. The van der Waals surface area contributed by atoms with Crippen LogP contribution in [-0.4, -0.2) is 18.7 Å². The number of nitrogens with one attached hydrogen (secondary N) is 1. The van der Waals surface area contributed by atoms with Crippen molar-refractivity contribution in [2.24, 2.45) is 0 Å². The van der Waals surface area contributed by atoms with Gasteiger partial charge in [-0.1, -0.05) is 6.92 Å². The molecule has 0 aromatic heterocycles. The first-order valence-electron chi connectivity index (χ1n) is 6.50. The van der Waals surface area contributed by atoms with Crippen molar-refractivity contribution in [1.29, 1.82) is 0 Å². The van der Waals surface area contributed by atoms with Crippen LogP contribution in [0.3, 0.4) is 0 Å². The Labute approximate surface area is 116 Å². The quantitative estimate of drug-likeness (QED) is 0.804. The molecule has 0 radical (unpaired) electrons. The Kier molecular flexibility index (Phi) is 4.62. The number of ether oxygens (including phenoxy) is 1. The molecule has 2 nitrogen and oxygen atoms in total. The van der Waals surface area contributed by atoms with Gasteiger partial charge in [0.25, 0.3) is 0 Å². The lowest BCUT2D eigenvalue weighted by Gasteiger charge is -2.42. The van der Waals surface area contributed by atoms with E-state index in [9.17, 15) is 4.39 Å². The van der Waals surface area contributed by atoms with Gasteiger partial charge in [0.1, 0.15) is 17.2 Å². The van der Waals surface area contributed by atoms with Gasteiger partial charge in [0.15, 0.2) is 0 Å². The van der Waals surface area contributed by atoms with Crippen molar-refractivity contribution in [2.45, 2.75) is 38.2 Å². The van der Waals surface area contributed by atoms with Crippen LogP contribution < -0.4 is 10.1 Å². The zero-order chi connectivity index (χ0) is 13.0. The summed E-state index contributed by atoms with van der Waals surface area (Å²) in [5, 5.41) is 3.32. The first-order chi connectivity index (χ1) is 8.65. The van der Waals surface area contributed by atoms with Crippen LogP contribution in [0.4, 0.5) is 4.39 Å². The van der Waals surface area contributed by atoms with E-state index < -0.39 is 0 Å². The maximum atomic E-state index is 13.4. The molecule has 1 aliphatic rings. The highest BCUT2D eigenvalue weighted by molar-refractivity contribution is 9.10. The molecular weight excluding hydrogens is 297 g/mol. The van der Waals surface area contributed by atoms with Gasteiger partial charge in [-0.2, -0.15) is 0 Å². The Balaban J connectivity index is 1.98. The predicted molar refractivity (Wildman–Crippen MR) is 74.5 cm³/mol. The van der Waals surface area contributed by atoms with E-state index in [1.54, 1.807) is 6.07 Å². The fourth-order valence-electron chi connectivity index (χ4n) is 2.26. The second-order valence-electron chi connectivity index (χ2n) is 4.82. The molecule has 0 spiro atoms. The Hall–Kier alpha value is -0.610. The van der Waals surface area contributed by atoms with Crippen LogP contribution in [0.5, 0.6) is 5.75 Å². The third kappa shape index (κ3) is 3.23. The molecule has 100 valence electrons. The van der Waals surface area contributed by atoms with Gasteiger partial charge in [-0.3, -0.25) is 0 Å². The molecule has 2 rings (SSSR count). The number of hydrogen-bond acceptors (Lipinski definition) is 2. The van der Waals surface area contributed by atoms with Crippen LogP contribution in [0.2, 0.25) is 0 Å². The van der Waals surface area contributed by atoms with E-state index in [1.165, 1.54) is 12.5 Å². The van der Waals surface area contributed by atoms with Crippen molar-refractivity contribution in [3.8, 4) is 5.75 Å². The summed E-state index contributed by atoms with van der Waals surface area (Å²) in [6, 6.07) is 4.97. The minimum atomic E-state index is -0.270. The monoisotopic (exact) mass is 315 g/mol. The highest BCUT2D eigenvalue weighted by atomic mass is 79.9. The minimum absolute atomic E-state index is 0.0809. The molecular formula is C14H19BrFNO. The van der Waals surface area contributed by atoms with Gasteiger partial charge in [0, 0.05) is 6.07 Å². The summed E-state index contributed by atoms with van der Waals surface area (Å²) in [6.45, 7) is 4.02. The summed E-state index contributed by atoms with van der Waals surface area (Å²) in [5.41, 5.74) is -0.0809. The number of halogens is 2. The number of rotatable bonds is 6. The van der Waals surface area contributed by atoms with Crippen LogP contribution in [-0.2, 0) is 0 Å². The smallest absolute Gasteiger partial charge is 0.141 e. The summed E-state index contributed by atoms with van der Waals surface area (Å²) < 4.78 is 19.9. The highest BCUT2D eigenvalue weighted by Gasteiger charge is 2.38. The van der Waals surface area contributed by atoms with E-state index >= 15 is 0 Å². The first kappa shape index (κ1) is 13.8. The molecule has 0 saturated heterocycles. The molecule has 0 bridgehead atoms. The topological polar surface area (TPSA) is 21.3 Å². The van der Waals surface area contributed by atoms with Gasteiger partial charge in [-0.05, 0) is 66.8 Å². The molecule has 0 atom stereocenters. The lowest BCUT2D eigenvalue weighted by Crippen LogP contribution is -2.45. The zero-order valence-corrected chi connectivity index (χ0v) is 12.2. The molecule has 1 aromatic rings. The number of benzene rings is 1. The van der Waals surface area contributed by atoms with Crippen molar-refractivity contribution < 1.29 is 9.13 Å². The molecule has 1 saturated carbocycles. The van der Waals surface area contributed by atoms with Crippen molar-refractivity contribution >= 4 is 15.9 Å². The molecule has 0 heterocycles. The number of hydrogen-bond donors (Lipinski definition) is 1. The third-order valence-corrected chi connectivity index (χ3v) is 4.14. The molecule has 1 aliphatic carbocycles. The van der Waals surface area contributed by atoms with Gasteiger partial charge in [-0.25, -0.2) is 4.39 Å². The fraction of sp³-hybridized carbons (Fsp3) is 0.571. The van der Waals surface area contributed by atoms with Crippen LogP contribution in [0.1, 0.15) is 32.6 Å². The van der Waals surface area contributed by atoms with Crippen molar-refractivity contribution in [1.82, 2.24) is 5.32 Å². The average molecular weight is 316 g/mol. The second kappa shape index (κ2) is 6.02. The Morgan fingerprint density at radius 3 is 2.78 bits per heavy atom. The predicted octanol–water partition coefficient (Wildman–Crippen LogP) is 3.89. The molecule has 0 amide bonds. The van der Waals surface area contributed by atoms with E-state index in [0.29, 0.717) is 10.2 Å². The fourth-order valence-corrected chi connectivity index (χ4v) is 2.50. The molecule has 18 heavy (non-hydrogen) atoms. The molecule has 1 N–H and O–H groups in total. The van der Waals surface area contributed by atoms with Gasteiger partial charge < -0.3 is 10.1 Å². The van der Waals surface area contributed by atoms with Gasteiger partial charge >= 0.3 is 0 Å².